The van der Waals surface area contributed by atoms with Crippen LogP contribution in [0.15, 0.2) is 28.2 Å². The average Bonchev–Trinajstić information content (AvgIpc) is 2.55. The van der Waals surface area contributed by atoms with Crippen LogP contribution < -0.4 is 5.43 Å². The maximum absolute atomic E-state index is 11.9. The van der Waals surface area contributed by atoms with E-state index < -0.39 is 11.4 Å². The van der Waals surface area contributed by atoms with Crippen molar-refractivity contribution in [2.24, 2.45) is 11.0 Å². The number of hydrogen-bond acceptors (Lipinski definition) is 4. The van der Waals surface area contributed by atoms with Crippen molar-refractivity contribution < 1.29 is 9.90 Å². The van der Waals surface area contributed by atoms with Gasteiger partial charge in [-0.15, -0.1) is 0 Å². The van der Waals surface area contributed by atoms with Crippen molar-refractivity contribution in [3.05, 3.63) is 50.3 Å². The highest BCUT2D eigenvalue weighted by Gasteiger charge is 2.14. The molecule has 2 aromatic heterocycles. The molecule has 0 aromatic carbocycles. The molecule has 0 unspecified atom stereocenters. The van der Waals surface area contributed by atoms with Gasteiger partial charge < -0.3 is 9.67 Å². The molecule has 2 rings (SSSR count). The van der Waals surface area contributed by atoms with Gasteiger partial charge >= 0.3 is 5.97 Å². The van der Waals surface area contributed by atoms with Gasteiger partial charge in [-0.25, -0.2) is 9.78 Å². The van der Waals surface area contributed by atoms with Gasteiger partial charge in [0.2, 0.25) is 5.43 Å². The molecule has 0 bridgehead atoms. The van der Waals surface area contributed by atoms with Gasteiger partial charge in [0.05, 0.1) is 5.39 Å². The van der Waals surface area contributed by atoms with E-state index in [1.54, 1.807) is 16.7 Å². The van der Waals surface area contributed by atoms with E-state index in [2.05, 4.69) is 28.9 Å². The van der Waals surface area contributed by atoms with Crippen molar-refractivity contribution in [2.75, 3.05) is 6.54 Å². The molecule has 2 aromatic rings. The van der Waals surface area contributed by atoms with E-state index in [0.29, 0.717) is 30.0 Å². The number of aromatic carboxylic acids is 1. The SMILES string of the molecule is CC(C)CCN=[N+]=[N-].CCn1cc(C(=O)O)c(=O)c2ccc(C)nc21. The van der Waals surface area contributed by atoms with Gasteiger partial charge in [0.1, 0.15) is 11.2 Å². The summed E-state index contributed by atoms with van der Waals surface area (Å²) in [5.41, 5.74) is 8.46. The zero-order valence-corrected chi connectivity index (χ0v) is 14.9. The number of carbonyl (C=O) groups is 1. The van der Waals surface area contributed by atoms with Gasteiger partial charge in [0.25, 0.3) is 0 Å². The highest BCUT2D eigenvalue weighted by Crippen LogP contribution is 2.10. The van der Waals surface area contributed by atoms with Crippen LogP contribution in [0, 0.1) is 12.8 Å². The first-order valence-electron chi connectivity index (χ1n) is 8.06. The minimum atomic E-state index is -1.21. The van der Waals surface area contributed by atoms with E-state index in [9.17, 15) is 9.59 Å². The Hall–Kier alpha value is -2.86. The van der Waals surface area contributed by atoms with E-state index in [1.165, 1.54) is 6.20 Å². The Morgan fingerprint density at radius 3 is 2.64 bits per heavy atom. The Kier molecular flexibility index (Phi) is 7.62. The van der Waals surface area contributed by atoms with Gasteiger partial charge in [-0.1, -0.05) is 19.0 Å². The van der Waals surface area contributed by atoms with Crippen molar-refractivity contribution in [1.82, 2.24) is 9.55 Å². The smallest absolute Gasteiger partial charge is 0.341 e. The molecule has 0 aliphatic carbocycles. The summed E-state index contributed by atoms with van der Waals surface area (Å²) < 4.78 is 1.67. The summed E-state index contributed by atoms with van der Waals surface area (Å²) in [7, 11) is 0. The molecule has 0 aliphatic heterocycles. The third-order valence-corrected chi connectivity index (χ3v) is 3.50. The number of aromatic nitrogens is 2. The summed E-state index contributed by atoms with van der Waals surface area (Å²) in [4.78, 5) is 29.8. The summed E-state index contributed by atoms with van der Waals surface area (Å²) in [5.74, 6) is -0.569. The second kappa shape index (κ2) is 9.44. The lowest BCUT2D eigenvalue weighted by Crippen LogP contribution is -2.19. The Morgan fingerprint density at radius 1 is 1.44 bits per heavy atom. The van der Waals surface area contributed by atoms with Crippen LogP contribution in [0.3, 0.4) is 0 Å². The fourth-order valence-electron chi connectivity index (χ4n) is 2.11. The fourth-order valence-corrected chi connectivity index (χ4v) is 2.11. The Bertz CT molecular complexity index is 851. The molecule has 0 fully saturated rings. The number of fused-ring (bicyclic) bond motifs is 1. The van der Waals surface area contributed by atoms with Crippen LogP contribution in [-0.4, -0.2) is 27.2 Å². The fraction of sp³-hybridized carbons (Fsp3) is 0.471. The summed E-state index contributed by atoms with van der Waals surface area (Å²) >= 11 is 0. The molecular weight excluding hydrogens is 322 g/mol. The first-order chi connectivity index (χ1) is 11.8. The number of hydrogen-bond donors (Lipinski definition) is 1. The largest absolute Gasteiger partial charge is 0.477 e. The highest BCUT2D eigenvalue weighted by atomic mass is 16.4. The van der Waals surface area contributed by atoms with E-state index >= 15 is 0 Å². The van der Waals surface area contributed by atoms with Crippen molar-refractivity contribution in [3.8, 4) is 0 Å². The second-order valence-electron chi connectivity index (χ2n) is 5.92. The summed E-state index contributed by atoms with van der Waals surface area (Å²) in [6.07, 6.45) is 2.34. The minimum absolute atomic E-state index is 0.218. The van der Waals surface area contributed by atoms with E-state index in [-0.39, 0.29) is 5.56 Å². The van der Waals surface area contributed by atoms with Gasteiger partial charge in [0, 0.05) is 29.9 Å². The number of rotatable bonds is 5. The molecule has 0 radical (unpaired) electrons. The molecule has 25 heavy (non-hydrogen) atoms. The third-order valence-electron chi connectivity index (χ3n) is 3.50. The first kappa shape index (κ1) is 20.2. The van der Waals surface area contributed by atoms with Crippen LogP contribution in [-0.2, 0) is 6.54 Å². The lowest BCUT2D eigenvalue weighted by atomic mass is 10.1. The topological polar surface area (TPSA) is 121 Å². The Labute approximate surface area is 145 Å². The number of pyridine rings is 2. The number of nitrogens with zero attached hydrogens (tertiary/aromatic N) is 5. The summed E-state index contributed by atoms with van der Waals surface area (Å²) in [5, 5.41) is 12.7. The lowest BCUT2D eigenvalue weighted by molar-refractivity contribution is 0.0695. The maximum Gasteiger partial charge on any atom is 0.341 e. The Morgan fingerprint density at radius 2 is 2.12 bits per heavy atom. The molecule has 8 nitrogen and oxygen atoms in total. The van der Waals surface area contributed by atoms with Gasteiger partial charge in [-0.2, -0.15) is 0 Å². The quantitative estimate of drug-likeness (QED) is 0.503. The molecule has 2 heterocycles. The normalized spacial score (nSPS) is 10.1. The molecule has 0 saturated carbocycles. The number of carboxylic acids is 1. The van der Waals surface area contributed by atoms with Gasteiger partial charge in [-0.3, -0.25) is 4.79 Å². The van der Waals surface area contributed by atoms with Crippen LogP contribution in [0.25, 0.3) is 21.5 Å². The van der Waals surface area contributed by atoms with E-state index in [4.69, 9.17) is 10.6 Å². The van der Waals surface area contributed by atoms with Crippen LogP contribution >= 0.6 is 0 Å². The van der Waals surface area contributed by atoms with Crippen molar-refractivity contribution in [2.45, 2.75) is 40.7 Å². The Balaban J connectivity index is 0.000000333. The van der Waals surface area contributed by atoms with Crippen molar-refractivity contribution in [3.63, 3.8) is 0 Å². The zero-order chi connectivity index (χ0) is 19.0. The molecule has 134 valence electrons. The molecule has 8 heteroatoms. The average molecular weight is 345 g/mol. The highest BCUT2D eigenvalue weighted by molar-refractivity contribution is 5.91. The molecule has 1 N–H and O–H groups in total. The molecule has 0 aliphatic rings. The van der Waals surface area contributed by atoms with Crippen molar-refractivity contribution >= 4 is 17.0 Å². The van der Waals surface area contributed by atoms with Crippen LogP contribution in [0.1, 0.15) is 43.2 Å². The molecule has 0 spiro atoms. The van der Waals surface area contributed by atoms with E-state index in [0.717, 1.165) is 12.1 Å². The first-order valence-corrected chi connectivity index (χ1v) is 8.06. The van der Waals surface area contributed by atoms with Crippen LogP contribution in [0.4, 0.5) is 0 Å². The predicted molar refractivity (Wildman–Crippen MR) is 96.8 cm³/mol. The standard InChI is InChI=1S/C12H12N2O3.C5H11N3/c1-3-14-6-9(12(16)17)10(15)8-5-4-7(2)13-11(8)14;1-5(2)3-4-7-8-6/h4-6H,3H2,1-2H3,(H,16,17);5H,3-4H2,1-2H3. The molecular formula is C17H23N5O3. The molecule has 0 amide bonds. The molecule has 0 atom stereocenters. The summed E-state index contributed by atoms with van der Waals surface area (Å²) in [6, 6.07) is 3.33. The summed E-state index contributed by atoms with van der Waals surface area (Å²) in [6.45, 7) is 9.11. The maximum atomic E-state index is 11.9. The van der Waals surface area contributed by atoms with E-state index in [1.807, 2.05) is 13.8 Å². The van der Waals surface area contributed by atoms with Crippen molar-refractivity contribution in [1.29, 1.82) is 0 Å². The van der Waals surface area contributed by atoms with Crippen LogP contribution in [0.2, 0.25) is 0 Å². The number of aryl methyl sites for hydroxylation is 2. The van der Waals surface area contributed by atoms with Gasteiger partial charge in [0.15, 0.2) is 0 Å². The third kappa shape index (κ3) is 5.61. The second-order valence-corrected chi connectivity index (χ2v) is 5.92. The minimum Gasteiger partial charge on any atom is -0.477 e. The monoisotopic (exact) mass is 345 g/mol. The van der Waals surface area contributed by atoms with Gasteiger partial charge in [-0.05, 0) is 43.9 Å². The zero-order valence-electron chi connectivity index (χ0n) is 14.9. The van der Waals surface area contributed by atoms with Crippen LogP contribution in [0.5, 0.6) is 0 Å². The predicted octanol–water partition coefficient (Wildman–Crippen LogP) is 3.77. The number of carboxylic acid groups (broad SMARTS) is 1. The molecule has 0 saturated heterocycles. The number of azide groups is 1. The lowest BCUT2D eigenvalue weighted by Gasteiger charge is -2.09.